The molecule has 0 fully saturated rings. The van der Waals surface area contributed by atoms with Gasteiger partial charge in [-0.05, 0) is 42.4 Å². The van der Waals surface area contributed by atoms with Gasteiger partial charge in [0.1, 0.15) is 0 Å². The maximum absolute atomic E-state index is 10.4. The lowest BCUT2D eigenvalue weighted by molar-refractivity contribution is 0.210. The molecule has 0 aromatic heterocycles. The van der Waals surface area contributed by atoms with E-state index in [2.05, 4.69) is 5.32 Å². The second kappa shape index (κ2) is 3.92. The van der Waals surface area contributed by atoms with E-state index in [1.807, 2.05) is 30.0 Å². The van der Waals surface area contributed by atoms with Gasteiger partial charge in [0, 0.05) is 10.6 Å². The van der Waals surface area contributed by atoms with Crippen molar-refractivity contribution < 1.29 is 9.90 Å². The van der Waals surface area contributed by atoms with Gasteiger partial charge in [-0.25, -0.2) is 4.79 Å². The number of hydrogen-bond acceptors (Lipinski definition) is 2. The molecule has 0 bridgehead atoms. The van der Waals surface area contributed by atoms with Gasteiger partial charge in [0.25, 0.3) is 0 Å². The summed E-state index contributed by atoms with van der Waals surface area (Å²) in [5.74, 6) is 1.17. The average molecular weight is 209 g/mol. The first-order chi connectivity index (χ1) is 6.75. The Morgan fingerprint density at radius 3 is 3.14 bits per heavy atom. The summed E-state index contributed by atoms with van der Waals surface area (Å²) >= 11 is 1.84. The number of benzene rings is 1. The molecule has 1 aromatic carbocycles. The predicted octanol–water partition coefficient (Wildman–Crippen LogP) is 2.81. The van der Waals surface area contributed by atoms with E-state index in [1.54, 1.807) is 0 Å². The molecule has 0 aliphatic carbocycles. The molecule has 1 heterocycles. The quantitative estimate of drug-likeness (QED) is 0.747. The zero-order valence-electron chi connectivity index (χ0n) is 7.62. The molecule has 74 valence electrons. The molecule has 4 heteroatoms. The van der Waals surface area contributed by atoms with E-state index in [0.29, 0.717) is 5.69 Å². The summed E-state index contributed by atoms with van der Waals surface area (Å²) in [6.07, 6.45) is 1.22. The Bertz CT molecular complexity index is 365. The third-order valence-electron chi connectivity index (χ3n) is 2.16. The average Bonchev–Trinajstić information content (AvgIpc) is 2.17. The number of amides is 1. The highest BCUT2D eigenvalue weighted by molar-refractivity contribution is 7.99. The fourth-order valence-electron chi connectivity index (χ4n) is 1.56. The van der Waals surface area contributed by atoms with Crippen LogP contribution in [-0.2, 0) is 6.42 Å². The fourth-order valence-corrected chi connectivity index (χ4v) is 2.58. The van der Waals surface area contributed by atoms with Crippen molar-refractivity contribution in [3.63, 3.8) is 0 Å². The number of thioether (sulfide) groups is 1. The highest BCUT2D eigenvalue weighted by atomic mass is 32.2. The summed E-state index contributed by atoms with van der Waals surface area (Å²) in [7, 11) is 0. The third-order valence-corrected chi connectivity index (χ3v) is 3.36. The SMILES string of the molecule is O=C(O)Nc1ccc2c(c1)CCCS2. The van der Waals surface area contributed by atoms with Crippen molar-refractivity contribution in [1.29, 1.82) is 0 Å². The molecule has 0 saturated heterocycles. The lowest BCUT2D eigenvalue weighted by Crippen LogP contribution is -2.08. The van der Waals surface area contributed by atoms with Crippen molar-refractivity contribution in [3.05, 3.63) is 23.8 Å². The third kappa shape index (κ3) is 2.01. The Morgan fingerprint density at radius 2 is 2.36 bits per heavy atom. The molecular weight excluding hydrogens is 198 g/mol. The molecule has 0 radical (unpaired) electrons. The largest absolute Gasteiger partial charge is 0.465 e. The Morgan fingerprint density at radius 1 is 1.50 bits per heavy atom. The highest BCUT2D eigenvalue weighted by Gasteiger charge is 2.10. The number of rotatable bonds is 1. The molecule has 3 nitrogen and oxygen atoms in total. The predicted molar refractivity (Wildman–Crippen MR) is 57.1 cm³/mol. The number of hydrogen-bond donors (Lipinski definition) is 2. The van der Waals surface area contributed by atoms with Crippen molar-refractivity contribution in [3.8, 4) is 0 Å². The molecule has 0 saturated carbocycles. The van der Waals surface area contributed by atoms with E-state index in [4.69, 9.17) is 5.11 Å². The van der Waals surface area contributed by atoms with Crippen LogP contribution >= 0.6 is 11.8 Å². The summed E-state index contributed by atoms with van der Waals surface area (Å²) in [4.78, 5) is 11.7. The van der Waals surface area contributed by atoms with Crippen LogP contribution in [0.5, 0.6) is 0 Å². The summed E-state index contributed by atoms with van der Waals surface area (Å²) in [5, 5.41) is 10.9. The van der Waals surface area contributed by atoms with Gasteiger partial charge in [0.05, 0.1) is 0 Å². The van der Waals surface area contributed by atoms with Gasteiger partial charge in [0.15, 0.2) is 0 Å². The van der Waals surface area contributed by atoms with Crippen LogP contribution in [0.2, 0.25) is 0 Å². The molecule has 0 atom stereocenters. The Hall–Kier alpha value is -1.16. The second-order valence-corrected chi connectivity index (χ2v) is 4.34. The summed E-state index contributed by atoms with van der Waals surface area (Å²) in [6.45, 7) is 0. The van der Waals surface area contributed by atoms with Gasteiger partial charge in [-0.15, -0.1) is 11.8 Å². The Labute approximate surface area is 86.5 Å². The van der Waals surface area contributed by atoms with Gasteiger partial charge >= 0.3 is 6.09 Å². The van der Waals surface area contributed by atoms with Crippen LogP contribution < -0.4 is 5.32 Å². The van der Waals surface area contributed by atoms with E-state index < -0.39 is 6.09 Å². The van der Waals surface area contributed by atoms with Crippen LogP contribution in [0.1, 0.15) is 12.0 Å². The smallest absolute Gasteiger partial charge is 0.409 e. The maximum Gasteiger partial charge on any atom is 0.409 e. The summed E-state index contributed by atoms with van der Waals surface area (Å²) in [5.41, 5.74) is 1.92. The van der Waals surface area contributed by atoms with Crippen LogP contribution in [0.25, 0.3) is 0 Å². The van der Waals surface area contributed by atoms with E-state index >= 15 is 0 Å². The van der Waals surface area contributed by atoms with Crippen LogP contribution in [0.15, 0.2) is 23.1 Å². The van der Waals surface area contributed by atoms with Gasteiger partial charge in [-0.1, -0.05) is 0 Å². The lowest BCUT2D eigenvalue weighted by atomic mass is 10.1. The molecule has 14 heavy (non-hydrogen) atoms. The molecule has 0 spiro atoms. The minimum absolute atomic E-state index is 0.666. The molecule has 1 aromatic rings. The maximum atomic E-state index is 10.4. The van der Waals surface area contributed by atoms with Crippen molar-refractivity contribution in [2.45, 2.75) is 17.7 Å². The standard InChI is InChI=1S/C10H11NO2S/c12-10(13)11-8-3-4-9-7(6-8)2-1-5-14-9/h3-4,6,11H,1-2,5H2,(H,12,13). The van der Waals surface area contributed by atoms with Crippen LogP contribution in [0, 0.1) is 0 Å². The normalized spacial score (nSPS) is 14.6. The zero-order valence-corrected chi connectivity index (χ0v) is 8.43. The molecule has 2 rings (SSSR count). The molecule has 0 unspecified atom stereocenters. The number of carbonyl (C=O) groups is 1. The monoisotopic (exact) mass is 209 g/mol. The molecular formula is C10H11NO2S. The lowest BCUT2D eigenvalue weighted by Gasteiger charge is -2.15. The topological polar surface area (TPSA) is 49.3 Å². The van der Waals surface area contributed by atoms with Crippen molar-refractivity contribution in [2.24, 2.45) is 0 Å². The second-order valence-electron chi connectivity index (χ2n) is 3.20. The molecule has 2 N–H and O–H groups in total. The van der Waals surface area contributed by atoms with Crippen molar-refractivity contribution in [1.82, 2.24) is 0 Å². The number of anilines is 1. The van der Waals surface area contributed by atoms with E-state index in [0.717, 1.165) is 6.42 Å². The minimum Gasteiger partial charge on any atom is -0.465 e. The summed E-state index contributed by atoms with van der Waals surface area (Å²) in [6, 6.07) is 5.73. The highest BCUT2D eigenvalue weighted by Crippen LogP contribution is 2.31. The first-order valence-corrected chi connectivity index (χ1v) is 5.50. The number of carboxylic acid groups (broad SMARTS) is 1. The van der Waals surface area contributed by atoms with E-state index in [9.17, 15) is 4.79 Å². The molecule has 1 amide bonds. The van der Waals surface area contributed by atoms with Crippen molar-refractivity contribution in [2.75, 3.05) is 11.1 Å². The first-order valence-electron chi connectivity index (χ1n) is 4.51. The van der Waals surface area contributed by atoms with Gasteiger partial charge in [-0.3, -0.25) is 5.32 Å². The van der Waals surface area contributed by atoms with Gasteiger partial charge in [-0.2, -0.15) is 0 Å². The van der Waals surface area contributed by atoms with Gasteiger partial charge in [0.2, 0.25) is 0 Å². The van der Waals surface area contributed by atoms with Crippen LogP contribution in [-0.4, -0.2) is 17.0 Å². The van der Waals surface area contributed by atoms with Crippen LogP contribution in [0.4, 0.5) is 10.5 Å². The Balaban J connectivity index is 2.24. The Kier molecular flexibility index (Phi) is 2.63. The fraction of sp³-hybridized carbons (Fsp3) is 0.300. The number of nitrogens with one attached hydrogen (secondary N) is 1. The van der Waals surface area contributed by atoms with Crippen LogP contribution in [0.3, 0.4) is 0 Å². The van der Waals surface area contributed by atoms with Crippen molar-refractivity contribution >= 4 is 23.5 Å². The zero-order chi connectivity index (χ0) is 9.97. The molecule has 1 aliphatic rings. The van der Waals surface area contributed by atoms with Gasteiger partial charge < -0.3 is 5.11 Å². The molecule has 1 aliphatic heterocycles. The number of aryl methyl sites for hydroxylation is 1. The van der Waals surface area contributed by atoms with E-state index in [1.165, 1.54) is 22.6 Å². The number of fused-ring (bicyclic) bond motifs is 1. The van der Waals surface area contributed by atoms with E-state index in [-0.39, 0.29) is 0 Å². The minimum atomic E-state index is -1.01. The first kappa shape index (κ1) is 9.40. The summed E-state index contributed by atoms with van der Waals surface area (Å²) < 4.78 is 0.